The molecule has 1 rings (SSSR count). The van der Waals surface area contributed by atoms with Crippen LogP contribution in [0.2, 0.25) is 0 Å². The molecule has 17 heavy (non-hydrogen) atoms. The number of nitrogens with zero attached hydrogens (tertiary/aromatic N) is 2. The van der Waals surface area contributed by atoms with Gasteiger partial charge in [-0.2, -0.15) is 0 Å². The van der Waals surface area contributed by atoms with Gasteiger partial charge in [0, 0.05) is 13.1 Å². The van der Waals surface area contributed by atoms with Gasteiger partial charge in [0.15, 0.2) is 4.34 Å². The maximum absolute atomic E-state index is 11.4. The number of hydrogen-bond donors (Lipinski definition) is 2. The van der Waals surface area contributed by atoms with Gasteiger partial charge in [-0.3, -0.25) is 4.79 Å². The Hall–Kier alpha value is -0.820. The zero-order valence-electron chi connectivity index (χ0n) is 10.2. The van der Waals surface area contributed by atoms with E-state index in [1.54, 1.807) is 0 Å². The van der Waals surface area contributed by atoms with Crippen LogP contribution in [-0.2, 0) is 4.79 Å². The van der Waals surface area contributed by atoms with Crippen LogP contribution in [-0.4, -0.2) is 34.9 Å². The van der Waals surface area contributed by atoms with E-state index in [4.69, 9.17) is 0 Å². The lowest BCUT2D eigenvalue weighted by molar-refractivity contribution is -0.118. The summed E-state index contributed by atoms with van der Waals surface area (Å²) in [5, 5.41) is 14.7. The number of nitrogens with one attached hydrogen (secondary N) is 2. The summed E-state index contributed by atoms with van der Waals surface area (Å²) in [6.07, 6.45) is 2.12. The Bertz CT molecular complexity index is 343. The Morgan fingerprint density at radius 3 is 2.94 bits per heavy atom. The second kappa shape index (κ2) is 8.30. The normalized spacial score (nSPS) is 10.2. The predicted molar refractivity (Wildman–Crippen MR) is 72.7 cm³/mol. The Morgan fingerprint density at radius 2 is 2.24 bits per heavy atom. The molecule has 1 heterocycles. The van der Waals surface area contributed by atoms with E-state index in [-0.39, 0.29) is 5.91 Å². The van der Waals surface area contributed by atoms with Gasteiger partial charge in [0.05, 0.1) is 5.75 Å². The molecule has 0 unspecified atom stereocenters. The molecule has 0 aliphatic rings. The lowest BCUT2D eigenvalue weighted by Crippen LogP contribution is -2.25. The summed E-state index contributed by atoms with van der Waals surface area (Å²) < 4.78 is 0.826. The van der Waals surface area contributed by atoms with Crippen LogP contribution in [0.5, 0.6) is 0 Å². The topological polar surface area (TPSA) is 66.9 Å². The summed E-state index contributed by atoms with van der Waals surface area (Å²) in [6, 6.07) is 0. The highest BCUT2D eigenvalue weighted by Gasteiger charge is 2.06. The van der Waals surface area contributed by atoms with Crippen molar-refractivity contribution in [3.63, 3.8) is 0 Å². The van der Waals surface area contributed by atoms with E-state index in [2.05, 4.69) is 27.8 Å². The molecule has 0 radical (unpaired) electrons. The number of rotatable bonds is 8. The van der Waals surface area contributed by atoms with E-state index in [0.717, 1.165) is 35.4 Å². The third-order valence-corrected chi connectivity index (χ3v) is 3.93. The first kappa shape index (κ1) is 14.2. The first-order valence-corrected chi connectivity index (χ1v) is 7.53. The summed E-state index contributed by atoms with van der Waals surface area (Å²) in [6.45, 7) is 5.70. The Kier molecular flexibility index (Phi) is 6.95. The van der Waals surface area contributed by atoms with Crippen molar-refractivity contribution in [1.82, 2.24) is 15.5 Å². The Labute approximate surface area is 110 Å². The molecular formula is C10H18N4OS2. The van der Waals surface area contributed by atoms with Crippen LogP contribution >= 0.6 is 23.1 Å². The fourth-order valence-corrected chi connectivity index (χ4v) is 2.72. The molecule has 5 nitrogen and oxygen atoms in total. The maximum Gasteiger partial charge on any atom is 0.230 e. The SMILES string of the molecule is CCCCNC(=O)CSc1nnc(NCC)s1. The molecule has 0 fully saturated rings. The number of thioether (sulfide) groups is 1. The fraction of sp³-hybridized carbons (Fsp3) is 0.700. The standard InChI is InChI=1S/C10H18N4OS2/c1-3-5-6-12-8(15)7-16-10-14-13-9(17-10)11-4-2/h3-7H2,1-2H3,(H,11,13)(H,12,15). The molecule has 0 bridgehead atoms. The number of hydrogen-bond acceptors (Lipinski definition) is 6. The number of carbonyl (C=O) groups excluding carboxylic acids is 1. The molecular weight excluding hydrogens is 256 g/mol. The van der Waals surface area contributed by atoms with Gasteiger partial charge in [-0.1, -0.05) is 36.4 Å². The molecule has 2 N–H and O–H groups in total. The minimum absolute atomic E-state index is 0.0589. The number of anilines is 1. The van der Waals surface area contributed by atoms with Gasteiger partial charge in [0.2, 0.25) is 11.0 Å². The molecule has 7 heteroatoms. The van der Waals surface area contributed by atoms with Crippen molar-refractivity contribution >= 4 is 34.1 Å². The molecule has 0 aliphatic carbocycles. The first-order chi connectivity index (χ1) is 8.26. The molecule has 0 aromatic carbocycles. The molecule has 1 amide bonds. The van der Waals surface area contributed by atoms with E-state index < -0.39 is 0 Å². The highest BCUT2D eigenvalue weighted by Crippen LogP contribution is 2.24. The Morgan fingerprint density at radius 1 is 1.41 bits per heavy atom. The first-order valence-electron chi connectivity index (χ1n) is 5.73. The van der Waals surface area contributed by atoms with Gasteiger partial charge in [-0.05, 0) is 13.3 Å². The van der Waals surface area contributed by atoms with E-state index >= 15 is 0 Å². The van der Waals surface area contributed by atoms with E-state index in [0.29, 0.717) is 5.75 Å². The minimum atomic E-state index is 0.0589. The number of unbranched alkanes of at least 4 members (excludes halogenated alkanes) is 1. The zero-order chi connectivity index (χ0) is 12.5. The highest BCUT2D eigenvalue weighted by molar-refractivity contribution is 8.01. The molecule has 1 aromatic heterocycles. The Balaban J connectivity index is 2.22. The lowest BCUT2D eigenvalue weighted by Gasteiger charge is -2.01. The van der Waals surface area contributed by atoms with Crippen LogP contribution < -0.4 is 10.6 Å². The van der Waals surface area contributed by atoms with Gasteiger partial charge < -0.3 is 10.6 Å². The van der Waals surface area contributed by atoms with E-state index in [1.807, 2.05) is 6.92 Å². The number of aromatic nitrogens is 2. The molecule has 0 saturated carbocycles. The predicted octanol–water partition coefficient (Wildman–Crippen LogP) is 1.98. The van der Waals surface area contributed by atoms with Crippen molar-refractivity contribution in [3.05, 3.63) is 0 Å². The average molecular weight is 274 g/mol. The van der Waals surface area contributed by atoms with Crippen LogP contribution in [0.3, 0.4) is 0 Å². The van der Waals surface area contributed by atoms with Gasteiger partial charge in [0.25, 0.3) is 0 Å². The summed E-state index contributed by atoms with van der Waals surface area (Å²) in [5.41, 5.74) is 0. The van der Waals surface area contributed by atoms with Crippen molar-refractivity contribution in [1.29, 1.82) is 0 Å². The molecule has 96 valence electrons. The largest absolute Gasteiger partial charge is 0.360 e. The van der Waals surface area contributed by atoms with Crippen molar-refractivity contribution in [2.45, 2.75) is 31.0 Å². The molecule has 1 aromatic rings. The van der Waals surface area contributed by atoms with Crippen LogP contribution in [0.25, 0.3) is 0 Å². The lowest BCUT2D eigenvalue weighted by atomic mass is 10.3. The number of carbonyl (C=O) groups is 1. The van der Waals surface area contributed by atoms with Crippen LogP contribution in [0, 0.1) is 0 Å². The third-order valence-electron chi connectivity index (χ3n) is 1.91. The zero-order valence-corrected chi connectivity index (χ0v) is 11.8. The van der Waals surface area contributed by atoms with Crippen LogP contribution in [0.1, 0.15) is 26.7 Å². The number of amides is 1. The van der Waals surface area contributed by atoms with Crippen LogP contribution in [0.4, 0.5) is 5.13 Å². The van der Waals surface area contributed by atoms with E-state index in [1.165, 1.54) is 23.1 Å². The van der Waals surface area contributed by atoms with Gasteiger partial charge in [0.1, 0.15) is 0 Å². The summed E-state index contributed by atoms with van der Waals surface area (Å²) >= 11 is 2.90. The summed E-state index contributed by atoms with van der Waals surface area (Å²) in [5.74, 6) is 0.466. The smallest absolute Gasteiger partial charge is 0.230 e. The quantitative estimate of drug-likeness (QED) is 0.560. The molecule has 0 aliphatic heterocycles. The molecule has 0 atom stereocenters. The third kappa shape index (κ3) is 5.88. The van der Waals surface area contributed by atoms with Crippen molar-refractivity contribution < 1.29 is 4.79 Å². The van der Waals surface area contributed by atoms with Crippen LogP contribution in [0.15, 0.2) is 4.34 Å². The molecule has 0 saturated heterocycles. The minimum Gasteiger partial charge on any atom is -0.360 e. The fourth-order valence-electron chi connectivity index (χ4n) is 1.07. The monoisotopic (exact) mass is 274 g/mol. The second-order valence-electron chi connectivity index (χ2n) is 3.40. The summed E-state index contributed by atoms with van der Waals surface area (Å²) in [7, 11) is 0. The summed E-state index contributed by atoms with van der Waals surface area (Å²) in [4.78, 5) is 11.4. The molecule has 0 spiro atoms. The van der Waals surface area contributed by atoms with Crippen molar-refractivity contribution in [2.24, 2.45) is 0 Å². The van der Waals surface area contributed by atoms with Crippen molar-refractivity contribution in [3.8, 4) is 0 Å². The second-order valence-corrected chi connectivity index (χ2v) is 5.60. The maximum atomic E-state index is 11.4. The van der Waals surface area contributed by atoms with Gasteiger partial charge in [-0.15, -0.1) is 10.2 Å². The van der Waals surface area contributed by atoms with Gasteiger partial charge in [-0.25, -0.2) is 0 Å². The highest BCUT2D eigenvalue weighted by atomic mass is 32.2. The van der Waals surface area contributed by atoms with Crippen molar-refractivity contribution in [2.75, 3.05) is 24.2 Å². The average Bonchev–Trinajstić information content (AvgIpc) is 2.75. The van der Waals surface area contributed by atoms with E-state index in [9.17, 15) is 4.79 Å². The van der Waals surface area contributed by atoms with Gasteiger partial charge >= 0.3 is 0 Å².